The largest absolute Gasteiger partial charge is 0.373 e. The zero-order chi connectivity index (χ0) is 11.0. The van der Waals surface area contributed by atoms with Gasteiger partial charge in [0.2, 0.25) is 0 Å². The van der Waals surface area contributed by atoms with Crippen LogP contribution in [0.3, 0.4) is 0 Å². The fourth-order valence-corrected chi connectivity index (χ4v) is 2.89. The number of aromatic nitrogens is 1. The van der Waals surface area contributed by atoms with Crippen LogP contribution in [0, 0.1) is 0 Å². The second kappa shape index (κ2) is 3.96. The molecule has 4 heteroatoms. The highest BCUT2D eigenvalue weighted by Gasteiger charge is 2.23. The van der Waals surface area contributed by atoms with Gasteiger partial charge in [0, 0.05) is 18.4 Å². The number of nitrogens with zero attached hydrogens (tertiary/aromatic N) is 1. The summed E-state index contributed by atoms with van der Waals surface area (Å²) < 4.78 is 6.81. The van der Waals surface area contributed by atoms with Gasteiger partial charge in [-0.1, -0.05) is 12.1 Å². The minimum atomic E-state index is -0.0783. The molecule has 1 fully saturated rings. The lowest BCUT2D eigenvalue weighted by atomic mass is 10.0. The summed E-state index contributed by atoms with van der Waals surface area (Å²) in [5, 5.41) is 0. The molecule has 2 heterocycles. The maximum absolute atomic E-state index is 11.4. The number of thiazole rings is 1. The van der Waals surface area contributed by atoms with Gasteiger partial charge in [0.15, 0.2) is 0 Å². The van der Waals surface area contributed by atoms with Crippen molar-refractivity contribution in [2.45, 2.75) is 18.9 Å². The molecule has 3 nitrogen and oxygen atoms in total. The summed E-state index contributed by atoms with van der Waals surface area (Å²) in [6.45, 7) is 0.540. The van der Waals surface area contributed by atoms with Gasteiger partial charge in [-0.05, 0) is 6.07 Å². The van der Waals surface area contributed by atoms with Gasteiger partial charge in [0.1, 0.15) is 5.78 Å². The van der Waals surface area contributed by atoms with E-state index >= 15 is 0 Å². The summed E-state index contributed by atoms with van der Waals surface area (Å²) >= 11 is 1.61. The van der Waals surface area contributed by atoms with Crippen molar-refractivity contribution in [2.24, 2.45) is 0 Å². The van der Waals surface area contributed by atoms with E-state index in [4.69, 9.17) is 4.74 Å². The van der Waals surface area contributed by atoms with Crippen LogP contribution in [-0.4, -0.2) is 17.4 Å². The lowest BCUT2D eigenvalue weighted by Gasteiger charge is -2.22. The van der Waals surface area contributed by atoms with Crippen molar-refractivity contribution in [3.8, 4) is 0 Å². The third kappa shape index (κ3) is 1.64. The molecule has 0 radical (unpaired) electrons. The zero-order valence-electron chi connectivity index (χ0n) is 8.68. The number of carbonyl (C=O) groups is 1. The first kappa shape index (κ1) is 9.93. The number of benzene rings is 1. The van der Waals surface area contributed by atoms with Gasteiger partial charge in [-0.2, -0.15) is 0 Å². The monoisotopic (exact) mass is 233 g/mol. The molecule has 1 aromatic carbocycles. The van der Waals surface area contributed by atoms with Crippen molar-refractivity contribution in [2.75, 3.05) is 6.61 Å². The number of carbonyl (C=O) groups excluding carboxylic acids is 1. The smallest absolute Gasteiger partial charge is 0.138 e. The molecule has 1 aliphatic rings. The van der Waals surface area contributed by atoms with Crippen LogP contribution >= 0.6 is 11.3 Å². The van der Waals surface area contributed by atoms with E-state index in [1.807, 2.05) is 23.7 Å². The molecule has 0 N–H and O–H groups in total. The van der Waals surface area contributed by atoms with Crippen molar-refractivity contribution in [1.29, 1.82) is 0 Å². The number of ketones is 1. The van der Waals surface area contributed by atoms with E-state index in [9.17, 15) is 4.79 Å². The van der Waals surface area contributed by atoms with E-state index in [1.165, 1.54) is 0 Å². The second-order valence-electron chi connectivity index (χ2n) is 3.90. The van der Waals surface area contributed by atoms with Crippen LogP contribution in [0.15, 0.2) is 23.7 Å². The molecule has 0 saturated carbocycles. The Labute approximate surface area is 97.1 Å². The molecule has 0 spiro atoms. The molecule has 2 aromatic rings. The number of fused-ring (bicyclic) bond motifs is 1. The Hall–Kier alpha value is -1.26. The molecule has 1 aliphatic heterocycles. The molecule has 16 heavy (non-hydrogen) atoms. The number of Topliss-reactive ketones (excluding diaryl/α,β-unsaturated/α-hetero) is 1. The summed E-state index contributed by atoms with van der Waals surface area (Å²) in [6, 6.07) is 5.99. The summed E-state index contributed by atoms with van der Waals surface area (Å²) in [5.41, 5.74) is 3.93. The molecule has 3 rings (SSSR count). The van der Waals surface area contributed by atoms with Crippen molar-refractivity contribution in [1.82, 2.24) is 4.98 Å². The Morgan fingerprint density at radius 3 is 3.25 bits per heavy atom. The van der Waals surface area contributed by atoms with E-state index in [0.29, 0.717) is 19.4 Å². The van der Waals surface area contributed by atoms with E-state index in [1.54, 1.807) is 11.3 Å². The van der Waals surface area contributed by atoms with Crippen molar-refractivity contribution >= 4 is 27.3 Å². The highest BCUT2D eigenvalue weighted by Crippen LogP contribution is 2.33. The number of ether oxygens (including phenoxy) is 1. The van der Waals surface area contributed by atoms with E-state index in [0.717, 1.165) is 15.8 Å². The molecular weight excluding hydrogens is 222 g/mol. The molecule has 0 amide bonds. The average molecular weight is 233 g/mol. The number of hydrogen-bond donors (Lipinski definition) is 0. The Morgan fingerprint density at radius 1 is 1.44 bits per heavy atom. The minimum Gasteiger partial charge on any atom is -0.373 e. The lowest BCUT2D eigenvalue weighted by Crippen LogP contribution is -2.19. The van der Waals surface area contributed by atoms with Gasteiger partial charge in [-0.3, -0.25) is 4.79 Å². The highest BCUT2D eigenvalue weighted by molar-refractivity contribution is 7.16. The first-order chi connectivity index (χ1) is 7.84. The molecular formula is C12H11NO2S. The summed E-state index contributed by atoms with van der Waals surface area (Å²) in [7, 11) is 0. The third-order valence-corrected chi connectivity index (χ3v) is 3.74. The topological polar surface area (TPSA) is 39.2 Å². The van der Waals surface area contributed by atoms with Gasteiger partial charge in [-0.15, -0.1) is 11.3 Å². The molecule has 1 unspecified atom stereocenters. The molecule has 1 aromatic heterocycles. The second-order valence-corrected chi connectivity index (χ2v) is 4.75. The van der Waals surface area contributed by atoms with Crippen LogP contribution in [-0.2, 0) is 9.53 Å². The zero-order valence-corrected chi connectivity index (χ0v) is 9.50. The van der Waals surface area contributed by atoms with E-state index in [-0.39, 0.29) is 11.9 Å². The summed E-state index contributed by atoms with van der Waals surface area (Å²) in [4.78, 5) is 15.7. The summed E-state index contributed by atoms with van der Waals surface area (Å²) in [6.07, 6.45) is 0.969. The van der Waals surface area contributed by atoms with Crippen LogP contribution < -0.4 is 0 Å². The predicted octanol–water partition coefficient (Wildman–Crippen LogP) is 2.72. The maximum Gasteiger partial charge on any atom is 0.138 e. The molecule has 1 atom stereocenters. The van der Waals surface area contributed by atoms with Crippen LogP contribution in [0.4, 0.5) is 0 Å². The first-order valence-electron chi connectivity index (χ1n) is 5.30. The first-order valence-corrected chi connectivity index (χ1v) is 6.18. The highest BCUT2D eigenvalue weighted by atomic mass is 32.1. The average Bonchev–Trinajstić information content (AvgIpc) is 2.76. The van der Waals surface area contributed by atoms with Gasteiger partial charge < -0.3 is 4.74 Å². The Bertz CT molecular complexity index is 535. The Balaban J connectivity index is 2.04. The lowest BCUT2D eigenvalue weighted by molar-refractivity contribution is -0.128. The minimum absolute atomic E-state index is 0.0783. The molecule has 0 bridgehead atoms. The summed E-state index contributed by atoms with van der Waals surface area (Å²) in [5.74, 6) is 0.290. The maximum atomic E-state index is 11.4. The molecule has 1 saturated heterocycles. The third-order valence-electron chi connectivity index (χ3n) is 2.85. The van der Waals surface area contributed by atoms with Gasteiger partial charge in [-0.25, -0.2) is 4.98 Å². The SMILES string of the molecule is O=C1CCOC(c2cccc3ncsc23)C1. The fraction of sp³-hybridized carbons (Fsp3) is 0.333. The fourth-order valence-electron chi connectivity index (χ4n) is 2.04. The van der Waals surface area contributed by atoms with Gasteiger partial charge >= 0.3 is 0 Å². The number of hydrogen-bond acceptors (Lipinski definition) is 4. The standard InChI is InChI=1S/C12H11NO2S/c14-8-4-5-15-11(6-8)9-2-1-3-10-12(9)16-7-13-10/h1-3,7,11H,4-6H2. The Morgan fingerprint density at radius 2 is 2.38 bits per heavy atom. The van der Waals surface area contributed by atoms with Crippen molar-refractivity contribution in [3.63, 3.8) is 0 Å². The quantitative estimate of drug-likeness (QED) is 0.760. The molecule has 82 valence electrons. The van der Waals surface area contributed by atoms with Crippen LogP contribution in [0.1, 0.15) is 24.5 Å². The number of rotatable bonds is 1. The Kier molecular flexibility index (Phi) is 2.46. The van der Waals surface area contributed by atoms with Crippen LogP contribution in [0.5, 0.6) is 0 Å². The normalized spacial score (nSPS) is 21.5. The van der Waals surface area contributed by atoms with Crippen molar-refractivity contribution in [3.05, 3.63) is 29.3 Å². The van der Waals surface area contributed by atoms with Crippen LogP contribution in [0.2, 0.25) is 0 Å². The van der Waals surface area contributed by atoms with E-state index in [2.05, 4.69) is 4.98 Å². The predicted molar refractivity (Wildman–Crippen MR) is 62.6 cm³/mol. The van der Waals surface area contributed by atoms with E-state index < -0.39 is 0 Å². The van der Waals surface area contributed by atoms with Gasteiger partial charge in [0.05, 0.1) is 28.4 Å². The van der Waals surface area contributed by atoms with Gasteiger partial charge in [0.25, 0.3) is 0 Å². The molecule has 0 aliphatic carbocycles. The van der Waals surface area contributed by atoms with Crippen molar-refractivity contribution < 1.29 is 9.53 Å². The van der Waals surface area contributed by atoms with Crippen LogP contribution in [0.25, 0.3) is 10.2 Å².